The standard InChI is InChI=1S/C11H13N/c1-2-3-7-10-12-11-8-5-4-6-9-11/h3-6,8-9,12H,1,7,10H2. The molecule has 0 unspecified atom stereocenters. The minimum Gasteiger partial charge on any atom is -0.385 e. The van der Waals surface area contributed by atoms with Crippen molar-refractivity contribution in [3.05, 3.63) is 48.7 Å². The minimum absolute atomic E-state index is 0.937. The lowest BCUT2D eigenvalue weighted by atomic mass is 10.3. The van der Waals surface area contributed by atoms with Crippen molar-refractivity contribution in [2.45, 2.75) is 6.42 Å². The van der Waals surface area contributed by atoms with Crippen LogP contribution in [0.25, 0.3) is 0 Å². The lowest BCUT2D eigenvalue weighted by molar-refractivity contribution is 1.07. The smallest absolute Gasteiger partial charge is 0.0340 e. The van der Waals surface area contributed by atoms with E-state index in [1.165, 1.54) is 0 Å². The zero-order valence-corrected chi connectivity index (χ0v) is 7.09. The first-order valence-corrected chi connectivity index (χ1v) is 4.06. The van der Waals surface area contributed by atoms with Gasteiger partial charge in [0.2, 0.25) is 0 Å². The molecule has 0 aromatic heterocycles. The molecule has 0 aliphatic carbocycles. The Morgan fingerprint density at radius 2 is 2.08 bits per heavy atom. The summed E-state index contributed by atoms with van der Waals surface area (Å²) in [5.74, 6) is 0. The average molecular weight is 159 g/mol. The molecule has 1 nitrogen and oxygen atoms in total. The fourth-order valence-electron chi connectivity index (χ4n) is 0.947. The summed E-state index contributed by atoms with van der Waals surface area (Å²) >= 11 is 0. The Hall–Kier alpha value is -1.46. The van der Waals surface area contributed by atoms with Gasteiger partial charge >= 0.3 is 0 Å². The summed E-state index contributed by atoms with van der Waals surface area (Å²) in [5, 5.41) is 3.28. The number of hydrogen-bond donors (Lipinski definition) is 1. The van der Waals surface area contributed by atoms with Crippen LogP contribution in [0.15, 0.2) is 48.7 Å². The Morgan fingerprint density at radius 3 is 2.75 bits per heavy atom. The molecule has 12 heavy (non-hydrogen) atoms. The minimum atomic E-state index is 0.937. The van der Waals surface area contributed by atoms with Crippen LogP contribution < -0.4 is 5.32 Å². The first-order valence-electron chi connectivity index (χ1n) is 4.06. The third-order valence-corrected chi connectivity index (χ3v) is 1.54. The maximum absolute atomic E-state index is 3.50. The van der Waals surface area contributed by atoms with Crippen LogP contribution in [0.1, 0.15) is 6.42 Å². The molecule has 62 valence electrons. The van der Waals surface area contributed by atoms with Gasteiger partial charge in [0.15, 0.2) is 0 Å². The van der Waals surface area contributed by atoms with Gasteiger partial charge in [0.25, 0.3) is 0 Å². The number of anilines is 1. The van der Waals surface area contributed by atoms with Crippen molar-refractivity contribution in [2.75, 3.05) is 11.9 Å². The topological polar surface area (TPSA) is 12.0 Å². The van der Waals surface area contributed by atoms with Crippen molar-refractivity contribution in [1.82, 2.24) is 0 Å². The summed E-state index contributed by atoms with van der Waals surface area (Å²) in [4.78, 5) is 0. The monoisotopic (exact) mass is 159 g/mol. The molecule has 0 bridgehead atoms. The molecule has 1 aromatic carbocycles. The van der Waals surface area contributed by atoms with E-state index in [1.54, 1.807) is 0 Å². The van der Waals surface area contributed by atoms with E-state index in [1.807, 2.05) is 24.3 Å². The highest BCUT2D eigenvalue weighted by Crippen LogP contribution is 2.04. The van der Waals surface area contributed by atoms with E-state index in [4.69, 9.17) is 0 Å². The molecule has 0 atom stereocenters. The van der Waals surface area contributed by atoms with Crippen molar-refractivity contribution >= 4 is 5.69 Å². The predicted molar refractivity (Wildman–Crippen MR) is 53.3 cm³/mol. The first kappa shape index (κ1) is 8.63. The van der Waals surface area contributed by atoms with Crippen LogP contribution in [0.4, 0.5) is 5.69 Å². The first-order chi connectivity index (χ1) is 5.93. The molecule has 0 amide bonds. The number of para-hydroxylation sites is 1. The Labute approximate surface area is 73.4 Å². The van der Waals surface area contributed by atoms with Crippen molar-refractivity contribution in [3.63, 3.8) is 0 Å². The fraction of sp³-hybridized carbons (Fsp3) is 0.182. The van der Waals surface area contributed by atoms with Crippen LogP contribution in [0, 0.1) is 0 Å². The van der Waals surface area contributed by atoms with E-state index in [9.17, 15) is 0 Å². The molecule has 1 rings (SSSR count). The fourth-order valence-corrected chi connectivity index (χ4v) is 0.947. The zero-order valence-electron chi connectivity index (χ0n) is 7.09. The molecule has 1 heteroatoms. The van der Waals surface area contributed by atoms with Gasteiger partial charge in [0.1, 0.15) is 0 Å². The Morgan fingerprint density at radius 1 is 1.33 bits per heavy atom. The summed E-state index contributed by atoms with van der Waals surface area (Å²) in [6.45, 7) is 4.43. The van der Waals surface area contributed by atoms with Crippen LogP contribution >= 0.6 is 0 Å². The van der Waals surface area contributed by atoms with Crippen LogP contribution in [-0.2, 0) is 0 Å². The summed E-state index contributed by atoms with van der Waals surface area (Å²) in [7, 11) is 0. The van der Waals surface area contributed by atoms with E-state index < -0.39 is 0 Å². The van der Waals surface area contributed by atoms with Crippen molar-refractivity contribution < 1.29 is 0 Å². The molecule has 1 aromatic rings. The van der Waals surface area contributed by atoms with Crippen LogP contribution in [0.2, 0.25) is 0 Å². The molecule has 0 saturated carbocycles. The second-order valence-corrected chi connectivity index (χ2v) is 2.49. The van der Waals surface area contributed by atoms with Gasteiger partial charge in [-0.15, -0.1) is 5.73 Å². The van der Waals surface area contributed by atoms with Crippen LogP contribution in [0.5, 0.6) is 0 Å². The van der Waals surface area contributed by atoms with E-state index in [2.05, 4.69) is 29.8 Å². The number of rotatable bonds is 4. The number of benzene rings is 1. The largest absolute Gasteiger partial charge is 0.385 e. The van der Waals surface area contributed by atoms with Crippen molar-refractivity contribution in [2.24, 2.45) is 0 Å². The molecule has 1 N–H and O–H groups in total. The van der Waals surface area contributed by atoms with Crippen molar-refractivity contribution in [3.8, 4) is 0 Å². The molecule has 0 heterocycles. The van der Waals surface area contributed by atoms with Gasteiger partial charge in [-0.1, -0.05) is 24.8 Å². The molecule has 0 saturated heterocycles. The summed E-state index contributed by atoms with van der Waals surface area (Å²) in [6.07, 6.45) is 2.90. The highest BCUT2D eigenvalue weighted by Gasteiger charge is 1.85. The Balaban J connectivity index is 2.29. The maximum Gasteiger partial charge on any atom is 0.0340 e. The summed E-state index contributed by atoms with van der Waals surface area (Å²) < 4.78 is 0. The Kier molecular flexibility index (Phi) is 3.76. The normalized spacial score (nSPS) is 8.67. The molecule has 0 spiro atoms. The SMILES string of the molecule is C=C=CCCNc1ccccc1. The van der Waals surface area contributed by atoms with E-state index >= 15 is 0 Å². The molecule has 0 aliphatic rings. The van der Waals surface area contributed by atoms with Gasteiger partial charge in [-0.05, 0) is 24.6 Å². The molecular formula is C11H13N. The third kappa shape index (κ3) is 3.09. The highest BCUT2D eigenvalue weighted by molar-refractivity contribution is 5.42. The second-order valence-electron chi connectivity index (χ2n) is 2.49. The Bertz CT molecular complexity index is 258. The molecule has 0 radical (unpaired) electrons. The van der Waals surface area contributed by atoms with E-state index in [0.29, 0.717) is 0 Å². The van der Waals surface area contributed by atoms with E-state index in [0.717, 1.165) is 18.7 Å². The average Bonchev–Trinajstić information content (AvgIpc) is 2.14. The van der Waals surface area contributed by atoms with Gasteiger partial charge in [-0.3, -0.25) is 0 Å². The third-order valence-electron chi connectivity index (χ3n) is 1.54. The van der Waals surface area contributed by atoms with Crippen molar-refractivity contribution in [1.29, 1.82) is 0 Å². The second kappa shape index (κ2) is 5.22. The zero-order chi connectivity index (χ0) is 8.65. The number of hydrogen-bond acceptors (Lipinski definition) is 1. The van der Waals surface area contributed by atoms with E-state index in [-0.39, 0.29) is 0 Å². The van der Waals surface area contributed by atoms with Crippen LogP contribution in [-0.4, -0.2) is 6.54 Å². The lowest BCUT2D eigenvalue weighted by Gasteiger charge is -2.02. The number of nitrogens with one attached hydrogen (secondary N) is 1. The summed E-state index contributed by atoms with van der Waals surface area (Å²) in [6, 6.07) is 10.2. The summed E-state index contributed by atoms with van der Waals surface area (Å²) in [5.41, 5.74) is 3.90. The predicted octanol–water partition coefficient (Wildman–Crippen LogP) is 2.83. The molecule has 0 aliphatic heterocycles. The highest BCUT2D eigenvalue weighted by atomic mass is 14.9. The maximum atomic E-state index is 3.50. The lowest BCUT2D eigenvalue weighted by Crippen LogP contribution is -1.98. The quantitative estimate of drug-likeness (QED) is 0.526. The van der Waals surface area contributed by atoms with Gasteiger partial charge in [0, 0.05) is 12.2 Å². The van der Waals surface area contributed by atoms with Gasteiger partial charge in [-0.25, -0.2) is 0 Å². The van der Waals surface area contributed by atoms with Gasteiger partial charge in [0.05, 0.1) is 0 Å². The van der Waals surface area contributed by atoms with Gasteiger partial charge < -0.3 is 5.32 Å². The molecule has 0 fully saturated rings. The van der Waals surface area contributed by atoms with Crippen LogP contribution in [0.3, 0.4) is 0 Å². The molecular weight excluding hydrogens is 146 g/mol. The van der Waals surface area contributed by atoms with Gasteiger partial charge in [-0.2, -0.15) is 0 Å².